The molecular formula is C14H21N5S. The number of hydrogen-bond donors (Lipinski definition) is 0. The molecule has 0 radical (unpaired) electrons. The van der Waals surface area contributed by atoms with Crippen LogP contribution in [0.1, 0.15) is 42.4 Å². The van der Waals surface area contributed by atoms with Crippen molar-refractivity contribution < 1.29 is 0 Å². The smallest absolute Gasteiger partial charge is 0.134 e. The van der Waals surface area contributed by atoms with E-state index in [-0.39, 0.29) is 0 Å². The monoisotopic (exact) mass is 291 g/mol. The van der Waals surface area contributed by atoms with Crippen molar-refractivity contribution >= 4 is 11.3 Å². The van der Waals surface area contributed by atoms with Gasteiger partial charge in [0.15, 0.2) is 0 Å². The van der Waals surface area contributed by atoms with Gasteiger partial charge in [0.2, 0.25) is 0 Å². The number of imidazole rings is 1. The molecule has 0 aromatic carbocycles. The van der Waals surface area contributed by atoms with E-state index in [1.807, 2.05) is 19.4 Å². The fourth-order valence-electron chi connectivity index (χ4n) is 2.92. The van der Waals surface area contributed by atoms with Crippen LogP contribution in [0.3, 0.4) is 0 Å². The molecule has 0 N–H and O–H groups in total. The summed E-state index contributed by atoms with van der Waals surface area (Å²) in [5, 5.41) is 10.6. The minimum atomic E-state index is 0.347. The second-order valence-corrected chi connectivity index (χ2v) is 6.89. The predicted molar refractivity (Wildman–Crippen MR) is 79.7 cm³/mol. The fraction of sp³-hybridized carbons (Fsp3) is 0.643. The molecule has 2 aromatic rings. The normalized spacial score (nSPS) is 25.8. The molecule has 1 fully saturated rings. The first kappa shape index (κ1) is 13.7. The van der Waals surface area contributed by atoms with E-state index in [1.54, 1.807) is 11.3 Å². The number of aryl methyl sites for hydroxylation is 1. The average Bonchev–Trinajstić information content (AvgIpc) is 3.09. The van der Waals surface area contributed by atoms with Gasteiger partial charge in [0.05, 0.1) is 12.4 Å². The number of likely N-dealkylation sites (tertiary alicyclic amines) is 1. The van der Waals surface area contributed by atoms with Gasteiger partial charge in [0.1, 0.15) is 10.0 Å². The van der Waals surface area contributed by atoms with Gasteiger partial charge in [-0.05, 0) is 32.7 Å². The van der Waals surface area contributed by atoms with Crippen LogP contribution >= 0.6 is 11.3 Å². The summed E-state index contributed by atoms with van der Waals surface area (Å²) >= 11 is 1.71. The molecule has 0 aliphatic carbocycles. The largest absolute Gasteiger partial charge is 0.333 e. The van der Waals surface area contributed by atoms with E-state index in [4.69, 9.17) is 0 Å². The van der Waals surface area contributed by atoms with Gasteiger partial charge in [-0.1, -0.05) is 6.92 Å². The van der Waals surface area contributed by atoms with E-state index in [1.165, 1.54) is 6.42 Å². The molecule has 2 aromatic heterocycles. The van der Waals surface area contributed by atoms with Crippen molar-refractivity contribution in [3.05, 3.63) is 28.7 Å². The van der Waals surface area contributed by atoms with Gasteiger partial charge in [0, 0.05) is 25.0 Å². The van der Waals surface area contributed by atoms with Gasteiger partial charge in [0.25, 0.3) is 0 Å². The first-order valence-electron chi connectivity index (χ1n) is 7.16. The van der Waals surface area contributed by atoms with E-state index >= 15 is 0 Å². The van der Waals surface area contributed by atoms with E-state index in [0.717, 1.165) is 23.1 Å². The summed E-state index contributed by atoms with van der Waals surface area (Å²) in [4.78, 5) is 6.71. The van der Waals surface area contributed by atoms with Crippen LogP contribution in [0.4, 0.5) is 0 Å². The van der Waals surface area contributed by atoms with E-state index in [9.17, 15) is 0 Å². The maximum absolute atomic E-state index is 4.31. The minimum Gasteiger partial charge on any atom is -0.333 e. The summed E-state index contributed by atoms with van der Waals surface area (Å²) < 4.78 is 2.24. The minimum absolute atomic E-state index is 0.347. The van der Waals surface area contributed by atoms with Crippen LogP contribution in [0.25, 0.3) is 0 Å². The van der Waals surface area contributed by atoms with Gasteiger partial charge in [-0.25, -0.2) is 4.98 Å². The van der Waals surface area contributed by atoms with Crippen molar-refractivity contribution in [3.8, 4) is 0 Å². The fourth-order valence-corrected chi connectivity index (χ4v) is 3.70. The van der Waals surface area contributed by atoms with Crippen molar-refractivity contribution in [2.45, 2.75) is 39.3 Å². The standard InChI is InChI=1S/C14H21N5S/c1-10-4-6-18(8-13(10)19-7-5-15-9-19)11(2)14-17-16-12(3)20-14/h5,7,9-11,13H,4,6,8H2,1-3H3/t10-,11-,13+/m0/s1. The Kier molecular flexibility index (Phi) is 3.85. The summed E-state index contributed by atoms with van der Waals surface area (Å²) in [6, 6.07) is 0.849. The lowest BCUT2D eigenvalue weighted by Gasteiger charge is -2.40. The Hall–Kier alpha value is -1.27. The number of hydrogen-bond acceptors (Lipinski definition) is 5. The van der Waals surface area contributed by atoms with Crippen LogP contribution in [-0.2, 0) is 0 Å². The highest BCUT2D eigenvalue weighted by atomic mass is 32.1. The Morgan fingerprint density at radius 2 is 2.25 bits per heavy atom. The molecule has 0 amide bonds. The highest BCUT2D eigenvalue weighted by Crippen LogP contribution is 2.33. The van der Waals surface area contributed by atoms with Crippen LogP contribution in [0.5, 0.6) is 0 Å². The Bertz CT molecular complexity index is 550. The molecule has 3 atom stereocenters. The third-order valence-electron chi connectivity index (χ3n) is 4.30. The van der Waals surface area contributed by atoms with Crippen LogP contribution < -0.4 is 0 Å². The SMILES string of the molecule is Cc1nnc([C@H](C)N2CC[C@H](C)[C@H](n3ccnc3)C2)s1. The molecule has 5 nitrogen and oxygen atoms in total. The van der Waals surface area contributed by atoms with Crippen molar-refractivity contribution in [2.75, 3.05) is 13.1 Å². The Balaban J connectivity index is 1.75. The van der Waals surface area contributed by atoms with Gasteiger partial charge in [-0.15, -0.1) is 21.5 Å². The summed E-state index contributed by atoms with van der Waals surface area (Å²) in [6.07, 6.45) is 7.09. The maximum Gasteiger partial charge on any atom is 0.134 e. The van der Waals surface area contributed by atoms with E-state index in [0.29, 0.717) is 18.0 Å². The van der Waals surface area contributed by atoms with Crippen molar-refractivity contribution in [1.82, 2.24) is 24.6 Å². The van der Waals surface area contributed by atoms with Gasteiger partial charge in [-0.2, -0.15) is 0 Å². The highest BCUT2D eigenvalue weighted by Gasteiger charge is 2.31. The van der Waals surface area contributed by atoms with Crippen molar-refractivity contribution in [1.29, 1.82) is 0 Å². The molecule has 108 valence electrons. The van der Waals surface area contributed by atoms with Crippen LogP contribution in [0, 0.1) is 12.8 Å². The summed E-state index contributed by atoms with van der Waals surface area (Å²) in [7, 11) is 0. The number of piperidine rings is 1. The molecule has 0 spiro atoms. The maximum atomic E-state index is 4.31. The first-order valence-corrected chi connectivity index (χ1v) is 7.98. The lowest BCUT2D eigenvalue weighted by molar-refractivity contribution is 0.0981. The third-order valence-corrected chi connectivity index (χ3v) is 5.31. The van der Waals surface area contributed by atoms with Gasteiger partial charge in [-0.3, -0.25) is 4.90 Å². The first-order chi connectivity index (χ1) is 9.65. The quantitative estimate of drug-likeness (QED) is 0.872. The summed E-state index contributed by atoms with van der Waals surface area (Å²) in [5.74, 6) is 0.684. The molecule has 20 heavy (non-hydrogen) atoms. The molecule has 1 saturated heterocycles. The summed E-state index contributed by atoms with van der Waals surface area (Å²) in [5.41, 5.74) is 0. The number of rotatable bonds is 3. The summed E-state index contributed by atoms with van der Waals surface area (Å²) in [6.45, 7) is 8.77. The number of aromatic nitrogens is 4. The second kappa shape index (κ2) is 5.61. The molecular weight excluding hydrogens is 270 g/mol. The van der Waals surface area contributed by atoms with E-state index < -0.39 is 0 Å². The Labute approximate surface area is 123 Å². The van der Waals surface area contributed by atoms with Crippen LogP contribution in [0.2, 0.25) is 0 Å². The van der Waals surface area contributed by atoms with Crippen LogP contribution in [-0.4, -0.2) is 37.7 Å². The highest BCUT2D eigenvalue weighted by molar-refractivity contribution is 7.11. The zero-order valence-corrected chi connectivity index (χ0v) is 13.0. The zero-order valence-electron chi connectivity index (χ0n) is 12.2. The predicted octanol–water partition coefficient (Wildman–Crippen LogP) is 2.69. The third kappa shape index (κ3) is 2.62. The molecule has 1 aliphatic rings. The molecule has 3 rings (SSSR count). The van der Waals surface area contributed by atoms with Gasteiger partial charge >= 0.3 is 0 Å². The molecule has 0 unspecified atom stereocenters. The Morgan fingerprint density at radius 3 is 2.90 bits per heavy atom. The lowest BCUT2D eigenvalue weighted by Crippen LogP contribution is -2.41. The second-order valence-electron chi connectivity index (χ2n) is 5.67. The molecule has 1 aliphatic heterocycles. The van der Waals surface area contributed by atoms with Crippen molar-refractivity contribution in [2.24, 2.45) is 5.92 Å². The molecule has 0 saturated carbocycles. The lowest BCUT2D eigenvalue weighted by atomic mass is 9.92. The topological polar surface area (TPSA) is 46.8 Å². The van der Waals surface area contributed by atoms with E-state index in [2.05, 4.69) is 44.7 Å². The number of nitrogens with zero attached hydrogens (tertiary/aromatic N) is 5. The Morgan fingerprint density at radius 1 is 1.40 bits per heavy atom. The van der Waals surface area contributed by atoms with Crippen molar-refractivity contribution in [3.63, 3.8) is 0 Å². The average molecular weight is 291 g/mol. The molecule has 6 heteroatoms. The molecule has 3 heterocycles. The molecule has 0 bridgehead atoms. The van der Waals surface area contributed by atoms with Crippen LogP contribution in [0.15, 0.2) is 18.7 Å². The van der Waals surface area contributed by atoms with Gasteiger partial charge < -0.3 is 4.57 Å². The zero-order chi connectivity index (χ0) is 14.1.